The van der Waals surface area contributed by atoms with Crippen LogP contribution in [0.3, 0.4) is 0 Å². The van der Waals surface area contributed by atoms with Crippen LogP contribution < -0.4 is 5.73 Å². The predicted octanol–water partition coefficient (Wildman–Crippen LogP) is 1.65. The van der Waals surface area contributed by atoms with Gasteiger partial charge < -0.3 is 10.2 Å². The Morgan fingerprint density at radius 3 is 2.89 bits per heavy atom. The molecule has 1 fully saturated rings. The summed E-state index contributed by atoms with van der Waals surface area (Å²) >= 11 is 0. The second kappa shape index (κ2) is 5.64. The van der Waals surface area contributed by atoms with Crippen molar-refractivity contribution in [3.63, 3.8) is 0 Å². The molecule has 5 nitrogen and oxygen atoms in total. The second-order valence-electron chi connectivity index (χ2n) is 5.40. The molecule has 2 unspecified atom stereocenters. The maximum atomic E-state index is 11.6. The van der Waals surface area contributed by atoms with Crippen molar-refractivity contribution in [2.75, 3.05) is 19.3 Å². The molecule has 0 aromatic carbocycles. The Balaban J connectivity index is 1.98. The molecule has 0 bridgehead atoms. The van der Waals surface area contributed by atoms with E-state index in [4.69, 9.17) is 10.2 Å². The molecule has 0 saturated carbocycles. The predicted molar refractivity (Wildman–Crippen MR) is 74.1 cm³/mol. The first kappa shape index (κ1) is 14.6. The number of hydrogen-bond donors (Lipinski definition) is 1. The molecule has 1 saturated heterocycles. The van der Waals surface area contributed by atoms with Gasteiger partial charge >= 0.3 is 0 Å². The minimum Gasteiger partial charge on any atom is -0.469 e. The molecule has 2 rings (SSSR count). The molecule has 1 aromatic rings. The average molecular weight is 286 g/mol. The van der Waals surface area contributed by atoms with E-state index in [1.54, 1.807) is 10.6 Å². The molecule has 0 amide bonds. The summed E-state index contributed by atoms with van der Waals surface area (Å²) in [6.45, 7) is 3.12. The van der Waals surface area contributed by atoms with Crippen molar-refractivity contribution in [3.8, 4) is 0 Å². The van der Waals surface area contributed by atoms with Crippen LogP contribution in [0.1, 0.15) is 36.6 Å². The van der Waals surface area contributed by atoms with Gasteiger partial charge in [-0.1, -0.05) is 0 Å². The fourth-order valence-corrected chi connectivity index (χ4v) is 3.73. The average Bonchev–Trinajstić information content (AvgIpc) is 2.75. The summed E-state index contributed by atoms with van der Waals surface area (Å²) < 4.78 is 30.0. The van der Waals surface area contributed by atoms with Gasteiger partial charge in [0.1, 0.15) is 5.76 Å². The summed E-state index contributed by atoms with van der Waals surface area (Å²) in [5.74, 6) is 1.18. The molecule has 0 radical (unpaired) electrons. The SMILES string of the molecule is Cc1occc1C(N)CC1CCCN(S(C)(=O)=O)C1. The van der Waals surface area contributed by atoms with E-state index in [1.807, 2.05) is 13.0 Å². The van der Waals surface area contributed by atoms with Crippen molar-refractivity contribution in [1.82, 2.24) is 4.31 Å². The standard InChI is InChI=1S/C13H22N2O3S/c1-10-12(5-7-18-10)13(14)8-11-4-3-6-15(9-11)19(2,16)17/h5,7,11,13H,3-4,6,8-9,14H2,1-2H3. The summed E-state index contributed by atoms with van der Waals surface area (Å²) in [7, 11) is -3.08. The van der Waals surface area contributed by atoms with Gasteiger partial charge in [0, 0.05) is 24.7 Å². The lowest BCUT2D eigenvalue weighted by Crippen LogP contribution is -2.40. The molecule has 6 heteroatoms. The zero-order chi connectivity index (χ0) is 14.0. The van der Waals surface area contributed by atoms with Crippen LogP contribution in [0.5, 0.6) is 0 Å². The van der Waals surface area contributed by atoms with Gasteiger partial charge in [-0.2, -0.15) is 0 Å². The quantitative estimate of drug-likeness (QED) is 0.913. The van der Waals surface area contributed by atoms with Crippen LogP contribution in [0.4, 0.5) is 0 Å². The van der Waals surface area contributed by atoms with Crippen molar-refractivity contribution in [3.05, 3.63) is 23.7 Å². The van der Waals surface area contributed by atoms with Gasteiger partial charge in [0.05, 0.1) is 12.5 Å². The second-order valence-corrected chi connectivity index (χ2v) is 7.39. The van der Waals surface area contributed by atoms with E-state index in [0.29, 0.717) is 19.0 Å². The third kappa shape index (κ3) is 3.58. The Labute approximate surface area is 114 Å². The summed E-state index contributed by atoms with van der Waals surface area (Å²) in [4.78, 5) is 0. The maximum Gasteiger partial charge on any atom is 0.211 e. The van der Waals surface area contributed by atoms with Crippen LogP contribution in [0.25, 0.3) is 0 Å². The van der Waals surface area contributed by atoms with Crippen molar-refractivity contribution < 1.29 is 12.8 Å². The van der Waals surface area contributed by atoms with Crippen LogP contribution >= 0.6 is 0 Å². The number of aryl methyl sites for hydroxylation is 1. The summed E-state index contributed by atoms with van der Waals surface area (Å²) in [5.41, 5.74) is 7.22. The molecule has 108 valence electrons. The van der Waals surface area contributed by atoms with E-state index in [0.717, 1.165) is 30.6 Å². The molecular weight excluding hydrogens is 264 g/mol. The third-order valence-corrected chi connectivity index (χ3v) is 5.11. The van der Waals surface area contributed by atoms with Crippen LogP contribution in [0.2, 0.25) is 0 Å². The fraction of sp³-hybridized carbons (Fsp3) is 0.692. The van der Waals surface area contributed by atoms with Crippen LogP contribution in [-0.4, -0.2) is 32.1 Å². The minimum atomic E-state index is -3.08. The summed E-state index contributed by atoms with van der Waals surface area (Å²) in [6, 6.07) is 1.82. The topological polar surface area (TPSA) is 76.5 Å². The smallest absolute Gasteiger partial charge is 0.211 e. The molecule has 1 aromatic heterocycles. The lowest BCUT2D eigenvalue weighted by Gasteiger charge is -2.32. The number of nitrogens with zero attached hydrogens (tertiary/aromatic N) is 1. The van der Waals surface area contributed by atoms with Crippen molar-refractivity contribution in [2.45, 2.75) is 32.2 Å². The van der Waals surface area contributed by atoms with E-state index < -0.39 is 10.0 Å². The van der Waals surface area contributed by atoms with Crippen molar-refractivity contribution in [1.29, 1.82) is 0 Å². The highest BCUT2D eigenvalue weighted by Crippen LogP contribution is 2.28. The monoisotopic (exact) mass is 286 g/mol. The molecule has 19 heavy (non-hydrogen) atoms. The van der Waals surface area contributed by atoms with Crippen molar-refractivity contribution >= 4 is 10.0 Å². The largest absolute Gasteiger partial charge is 0.469 e. The highest BCUT2D eigenvalue weighted by atomic mass is 32.2. The molecule has 2 heterocycles. The lowest BCUT2D eigenvalue weighted by atomic mass is 9.90. The number of rotatable bonds is 4. The molecule has 2 atom stereocenters. The maximum absolute atomic E-state index is 11.6. The number of sulfonamides is 1. The molecule has 1 aliphatic rings. The first-order chi connectivity index (χ1) is 8.88. The van der Waals surface area contributed by atoms with Gasteiger partial charge in [0.15, 0.2) is 0 Å². The van der Waals surface area contributed by atoms with Crippen LogP contribution in [-0.2, 0) is 10.0 Å². The Bertz CT molecular complexity index is 524. The Morgan fingerprint density at radius 1 is 1.58 bits per heavy atom. The van der Waals surface area contributed by atoms with Gasteiger partial charge in [-0.25, -0.2) is 12.7 Å². The van der Waals surface area contributed by atoms with E-state index >= 15 is 0 Å². The number of nitrogens with two attached hydrogens (primary N) is 1. The van der Waals surface area contributed by atoms with Gasteiger partial charge in [-0.3, -0.25) is 0 Å². The molecule has 2 N–H and O–H groups in total. The fourth-order valence-electron chi connectivity index (χ4n) is 2.79. The van der Waals surface area contributed by atoms with E-state index in [1.165, 1.54) is 6.26 Å². The van der Waals surface area contributed by atoms with Gasteiger partial charge in [-0.15, -0.1) is 0 Å². The van der Waals surface area contributed by atoms with E-state index in [-0.39, 0.29) is 6.04 Å². The molecule has 0 aliphatic carbocycles. The summed E-state index contributed by atoms with van der Waals surface area (Å²) in [6.07, 6.45) is 5.67. The normalized spacial score (nSPS) is 23.4. The summed E-state index contributed by atoms with van der Waals surface area (Å²) in [5, 5.41) is 0. The minimum absolute atomic E-state index is 0.0803. The van der Waals surface area contributed by atoms with Gasteiger partial charge in [-0.05, 0) is 38.2 Å². The van der Waals surface area contributed by atoms with Gasteiger partial charge in [0.25, 0.3) is 0 Å². The van der Waals surface area contributed by atoms with Crippen LogP contribution in [0, 0.1) is 12.8 Å². The van der Waals surface area contributed by atoms with Crippen molar-refractivity contribution in [2.24, 2.45) is 11.7 Å². The first-order valence-electron chi connectivity index (χ1n) is 6.62. The zero-order valence-corrected chi connectivity index (χ0v) is 12.3. The lowest BCUT2D eigenvalue weighted by molar-refractivity contribution is 0.246. The van der Waals surface area contributed by atoms with Gasteiger partial charge in [0.2, 0.25) is 10.0 Å². The van der Waals surface area contributed by atoms with Crippen LogP contribution in [0.15, 0.2) is 16.7 Å². The Morgan fingerprint density at radius 2 is 2.32 bits per heavy atom. The Hall–Kier alpha value is -0.850. The highest BCUT2D eigenvalue weighted by molar-refractivity contribution is 7.88. The first-order valence-corrected chi connectivity index (χ1v) is 8.47. The third-order valence-electron chi connectivity index (χ3n) is 3.84. The Kier molecular flexibility index (Phi) is 4.32. The number of furan rings is 1. The number of hydrogen-bond acceptors (Lipinski definition) is 4. The zero-order valence-electron chi connectivity index (χ0n) is 11.5. The molecule has 1 aliphatic heterocycles. The molecule has 0 spiro atoms. The van der Waals surface area contributed by atoms with E-state index in [2.05, 4.69) is 0 Å². The number of piperidine rings is 1. The highest BCUT2D eigenvalue weighted by Gasteiger charge is 2.27. The molecular formula is C13H22N2O3S. The van der Waals surface area contributed by atoms with E-state index in [9.17, 15) is 8.42 Å².